The number of likely N-dealkylation sites (tertiary alicyclic amines) is 1. The third-order valence-corrected chi connectivity index (χ3v) is 4.69. The van der Waals surface area contributed by atoms with E-state index in [9.17, 15) is 14.0 Å². The normalized spacial score (nSPS) is 16.1. The molecule has 0 unspecified atom stereocenters. The summed E-state index contributed by atoms with van der Waals surface area (Å²) in [5.41, 5.74) is -0.163. The minimum absolute atomic E-state index is 0.0202. The first-order valence-corrected chi connectivity index (χ1v) is 8.75. The molecule has 6 heteroatoms. The number of benzene rings is 1. The van der Waals surface area contributed by atoms with E-state index in [2.05, 4.69) is 10.3 Å². The number of carbonyl (C=O) groups is 2. The van der Waals surface area contributed by atoms with Crippen molar-refractivity contribution in [2.45, 2.75) is 31.5 Å². The maximum Gasteiger partial charge on any atom is 0.258 e. The number of rotatable bonds is 5. The third kappa shape index (κ3) is 4.45. The van der Waals surface area contributed by atoms with Gasteiger partial charge >= 0.3 is 0 Å². The molecule has 0 radical (unpaired) electrons. The van der Waals surface area contributed by atoms with Crippen molar-refractivity contribution in [1.82, 2.24) is 15.2 Å². The predicted octanol–water partition coefficient (Wildman–Crippen LogP) is 2.27. The number of hydrogen-bond donors (Lipinski definition) is 1. The maximum atomic E-state index is 15.0. The number of nitrogens with zero attached hydrogens (tertiary/aromatic N) is 2. The second kappa shape index (κ2) is 8.08. The monoisotopic (exact) mass is 355 g/mol. The molecule has 1 aromatic carbocycles. The Morgan fingerprint density at radius 3 is 2.42 bits per heavy atom. The molecule has 0 aliphatic carbocycles. The van der Waals surface area contributed by atoms with E-state index in [1.807, 2.05) is 36.4 Å². The van der Waals surface area contributed by atoms with Crippen LogP contribution in [0.1, 0.15) is 24.0 Å². The number of hydrogen-bond acceptors (Lipinski definition) is 3. The van der Waals surface area contributed by atoms with Crippen LogP contribution >= 0.6 is 0 Å². The summed E-state index contributed by atoms with van der Waals surface area (Å²) in [4.78, 5) is 30.2. The zero-order valence-electron chi connectivity index (χ0n) is 14.5. The molecule has 1 saturated heterocycles. The Morgan fingerprint density at radius 2 is 1.77 bits per heavy atom. The Bertz CT molecular complexity index is 744. The van der Waals surface area contributed by atoms with Gasteiger partial charge in [0.25, 0.3) is 5.91 Å². The Hall–Kier alpha value is -2.76. The highest BCUT2D eigenvalue weighted by atomic mass is 19.1. The number of amides is 2. The number of carbonyl (C=O) groups excluding carboxylic acids is 2. The van der Waals surface area contributed by atoms with Crippen LogP contribution in [-0.2, 0) is 22.6 Å². The fourth-order valence-electron chi connectivity index (χ4n) is 3.06. The van der Waals surface area contributed by atoms with Gasteiger partial charge in [-0.05, 0) is 17.2 Å². The van der Waals surface area contributed by atoms with Gasteiger partial charge in [0.05, 0.1) is 6.42 Å². The number of aromatic nitrogens is 1. The number of nitrogens with one attached hydrogen (secondary N) is 1. The van der Waals surface area contributed by atoms with Crippen LogP contribution in [0, 0.1) is 0 Å². The number of alkyl halides is 1. The van der Waals surface area contributed by atoms with Crippen molar-refractivity contribution in [3.8, 4) is 0 Å². The highest BCUT2D eigenvalue weighted by Gasteiger charge is 2.42. The van der Waals surface area contributed by atoms with Crippen LogP contribution in [-0.4, -0.2) is 40.5 Å². The number of piperidine rings is 1. The van der Waals surface area contributed by atoms with E-state index in [1.165, 1.54) is 0 Å². The van der Waals surface area contributed by atoms with Gasteiger partial charge in [-0.15, -0.1) is 0 Å². The first-order valence-electron chi connectivity index (χ1n) is 8.75. The fourth-order valence-corrected chi connectivity index (χ4v) is 3.06. The van der Waals surface area contributed by atoms with Gasteiger partial charge in [0.15, 0.2) is 5.67 Å². The van der Waals surface area contributed by atoms with Crippen molar-refractivity contribution in [2.24, 2.45) is 0 Å². The molecule has 1 N–H and O–H groups in total. The molecular formula is C20H22FN3O2. The van der Waals surface area contributed by atoms with Crippen LogP contribution in [0.4, 0.5) is 4.39 Å². The van der Waals surface area contributed by atoms with E-state index in [4.69, 9.17) is 0 Å². The molecule has 136 valence electrons. The Morgan fingerprint density at radius 1 is 1.08 bits per heavy atom. The maximum absolute atomic E-state index is 15.0. The van der Waals surface area contributed by atoms with Crippen LogP contribution in [0.2, 0.25) is 0 Å². The molecule has 1 aliphatic rings. The summed E-state index contributed by atoms with van der Waals surface area (Å²) < 4.78 is 15.0. The second-order valence-corrected chi connectivity index (χ2v) is 6.55. The van der Waals surface area contributed by atoms with E-state index in [1.54, 1.807) is 23.4 Å². The molecule has 5 nitrogen and oxygen atoms in total. The Balaban J connectivity index is 1.50. The van der Waals surface area contributed by atoms with Crippen molar-refractivity contribution in [2.75, 3.05) is 13.1 Å². The van der Waals surface area contributed by atoms with Gasteiger partial charge in [0.2, 0.25) is 5.91 Å². The number of pyridine rings is 1. The van der Waals surface area contributed by atoms with Gasteiger partial charge in [0, 0.05) is 44.9 Å². The standard InChI is InChI=1S/C20H22FN3O2/c21-20(19(26)23-15-16-5-2-1-3-6-16)8-11-24(12-9-20)18(25)13-17-7-4-10-22-14-17/h1-7,10,14H,8-9,11-13,15H2,(H,23,26). The molecule has 2 heterocycles. The summed E-state index contributed by atoms with van der Waals surface area (Å²) in [6.07, 6.45) is 3.59. The van der Waals surface area contributed by atoms with E-state index < -0.39 is 11.6 Å². The molecule has 0 atom stereocenters. The highest BCUT2D eigenvalue weighted by molar-refractivity contribution is 5.86. The minimum Gasteiger partial charge on any atom is -0.349 e. The topological polar surface area (TPSA) is 62.3 Å². The van der Waals surface area contributed by atoms with Gasteiger partial charge in [-0.2, -0.15) is 0 Å². The molecule has 1 fully saturated rings. The quantitative estimate of drug-likeness (QED) is 0.895. The summed E-state index contributed by atoms with van der Waals surface area (Å²) >= 11 is 0. The van der Waals surface area contributed by atoms with E-state index in [0.29, 0.717) is 6.54 Å². The van der Waals surface area contributed by atoms with Crippen LogP contribution in [0.25, 0.3) is 0 Å². The molecule has 0 spiro atoms. The highest BCUT2D eigenvalue weighted by Crippen LogP contribution is 2.27. The lowest BCUT2D eigenvalue weighted by atomic mass is 9.92. The van der Waals surface area contributed by atoms with E-state index >= 15 is 0 Å². The molecule has 26 heavy (non-hydrogen) atoms. The summed E-state index contributed by atoms with van der Waals surface area (Å²) in [6.45, 7) is 0.789. The molecule has 3 rings (SSSR count). The summed E-state index contributed by atoms with van der Waals surface area (Å²) in [5.74, 6) is -0.662. The smallest absolute Gasteiger partial charge is 0.258 e. The van der Waals surface area contributed by atoms with Crippen molar-refractivity contribution < 1.29 is 14.0 Å². The Labute approximate surface area is 152 Å². The van der Waals surface area contributed by atoms with Crippen molar-refractivity contribution in [3.63, 3.8) is 0 Å². The molecular weight excluding hydrogens is 333 g/mol. The number of halogens is 1. The van der Waals surface area contributed by atoms with Crippen LogP contribution < -0.4 is 5.32 Å². The summed E-state index contributed by atoms with van der Waals surface area (Å²) in [5, 5.41) is 2.67. The lowest BCUT2D eigenvalue weighted by Gasteiger charge is -2.35. The molecule has 0 bridgehead atoms. The molecule has 1 aliphatic heterocycles. The average Bonchev–Trinajstić information content (AvgIpc) is 2.68. The predicted molar refractivity (Wildman–Crippen MR) is 95.9 cm³/mol. The van der Waals surface area contributed by atoms with Crippen molar-refractivity contribution in [1.29, 1.82) is 0 Å². The lowest BCUT2D eigenvalue weighted by Crippen LogP contribution is -2.52. The van der Waals surface area contributed by atoms with Gasteiger partial charge in [-0.3, -0.25) is 14.6 Å². The van der Waals surface area contributed by atoms with Crippen LogP contribution in [0.3, 0.4) is 0 Å². The van der Waals surface area contributed by atoms with Gasteiger partial charge < -0.3 is 10.2 Å². The van der Waals surface area contributed by atoms with Crippen LogP contribution in [0.5, 0.6) is 0 Å². The largest absolute Gasteiger partial charge is 0.349 e. The third-order valence-electron chi connectivity index (χ3n) is 4.69. The van der Waals surface area contributed by atoms with E-state index in [-0.39, 0.29) is 38.3 Å². The summed E-state index contributed by atoms with van der Waals surface area (Å²) in [7, 11) is 0. The summed E-state index contributed by atoms with van der Waals surface area (Å²) in [6, 6.07) is 13.0. The first kappa shape index (κ1) is 18.0. The minimum atomic E-state index is -1.92. The van der Waals surface area contributed by atoms with Crippen molar-refractivity contribution in [3.05, 3.63) is 66.0 Å². The molecule has 0 saturated carbocycles. The average molecular weight is 355 g/mol. The van der Waals surface area contributed by atoms with E-state index in [0.717, 1.165) is 11.1 Å². The Kier molecular flexibility index (Phi) is 5.61. The van der Waals surface area contributed by atoms with Gasteiger partial charge in [0.1, 0.15) is 0 Å². The van der Waals surface area contributed by atoms with Crippen LogP contribution in [0.15, 0.2) is 54.9 Å². The van der Waals surface area contributed by atoms with Gasteiger partial charge in [-0.25, -0.2) is 4.39 Å². The van der Waals surface area contributed by atoms with Crippen molar-refractivity contribution >= 4 is 11.8 Å². The van der Waals surface area contributed by atoms with Gasteiger partial charge in [-0.1, -0.05) is 36.4 Å². The first-order chi connectivity index (χ1) is 12.6. The second-order valence-electron chi connectivity index (χ2n) is 6.55. The molecule has 2 aromatic rings. The zero-order chi connectivity index (χ0) is 18.4. The fraction of sp³-hybridized carbons (Fsp3) is 0.350. The zero-order valence-corrected chi connectivity index (χ0v) is 14.5. The lowest BCUT2D eigenvalue weighted by molar-refractivity contribution is -0.142. The molecule has 1 aromatic heterocycles. The molecule has 2 amide bonds. The SMILES string of the molecule is O=C(Cc1cccnc1)N1CCC(F)(C(=O)NCc2ccccc2)CC1.